The summed E-state index contributed by atoms with van der Waals surface area (Å²) in [6, 6.07) is 2.86. The molecule has 1 aromatic carbocycles. The number of ether oxygens (including phenoxy) is 2. The first kappa shape index (κ1) is 13.2. The molecule has 17 heavy (non-hydrogen) atoms. The van der Waals surface area contributed by atoms with Crippen LogP contribution in [0.3, 0.4) is 0 Å². The van der Waals surface area contributed by atoms with Gasteiger partial charge in [-0.2, -0.15) is 8.78 Å². The van der Waals surface area contributed by atoms with E-state index in [0.717, 1.165) is 18.2 Å². The van der Waals surface area contributed by atoms with Gasteiger partial charge < -0.3 is 14.6 Å². The Kier molecular flexibility index (Phi) is 3.88. The number of phenols is 1. The molecular formula is C11H12F2O4. The number of aromatic hydroxyl groups is 1. The van der Waals surface area contributed by atoms with E-state index >= 15 is 0 Å². The third-order valence-electron chi connectivity index (χ3n) is 2.07. The van der Waals surface area contributed by atoms with Gasteiger partial charge in [-0.3, -0.25) is 0 Å². The lowest BCUT2D eigenvalue weighted by Crippen LogP contribution is -2.28. The standard InChI is InChI=1S/C11H12F2O4/c1-3-17-10(15)11(12,13)7-4-5-8(14)9(6-7)16-2/h4-6,14H,3H2,1-2H3. The van der Waals surface area contributed by atoms with Crippen LogP contribution in [0.25, 0.3) is 0 Å². The number of hydrogen-bond donors (Lipinski definition) is 1. The molecule has 0 saturated heterocycles. The molecule has 0 radical (unpaired) electrons. The molecule has 0 bridgehead atoms. The first-order chi connectivity index (χ1) is 7.93. The molecular weight excluding hydrogens is 234 g/mol. The van der Waals surface area contributed by atoms with Crippen molar-refractivity contribution in [3.05, 3.63) is 23.8 Å². The van der Waals surface area contributed by atoms with E-state index in [2.05, 4.69) is 9.47 Å². The molecule has 0 aliphatic heterocycles. The fraction of sp³-hybridized carbons (Fsp3) is 0.364. The van der Waals surface area contributed by atoms with Crippen LogP contribution in [0.2, 0.25) is 0 Å². The smallest absolute Gasteiger partial charge is 0.381 e. The highest BCUT2D eigenvalue weighted by Crippen LogP contribution is 2.35. The van der Waals surface area contributed by atoms with Crippen molar-refractivity contribution in [3.63, 3.8) is 0 Å². The number of benzene rings is 1. The molecule has 1 N–H and O–H groups in total. The summed E-state index contributed by atoms with van der Waals surface area (Å²) in [6.45, 7) is 1.30. The lowest BCUT2D eigenvalue weighted by atomic mass is 10.1. The second-order valence-corrected chi connectivity index (χ2v) is 3.18. The molecule has 0 heterocycles. The summed E-state index contributed by atoms with van der Waals surface area (Å²) < 4.78 is 36.1. The molecule has 94 valence electrons. The topological polar surface area (TPSA) is 55.8 Å². The molecule has 0 fully saturated rings. The molecule has 0 amide bonds. The third kappa shape index (κ3) is 2.64. The SMILES string of the molecule is CCOC(=O)C(F)(F)c1ccc(O)c(OC)c1. The fourth-order valence-electron chi connectivity index (χ4n) is 1.21. The Bertz CT molecular complexity index is 418. The Hall–Kier alpha value is -1.85. The van der Waals surface area contributed by atoms with Gasteiger partial charge in [0.05, 0.1) is 13.7 Å². The van der Waals surface area contributed by atoms with Crippen molar-refractivity contribution >= 4 is 5.97 Å². The lowest BCUT2D eigenvalue weighted by Gasteiger charge is -2.15. The number of esters is 1. The highest BCUT2D eigenvalue weighted by atomic mass is 19.3. The number of halogens is 2. The minimum Gasteiger partial charge on any atom is -0.504 e. The van der Waals surface area contributed by atoms with Crippen molar-refractivity contribution in [2.24, 2.45) is 0 Å². The zero-order chi connectivity index (χ0) is 13.1. The van der Waals surface area contributed by atoms with E-state index in [0.29, 0.717) is 0 Å². The van der Waals surface area contributed by atoms with Gasteiger partial charge in [0.2, 0.25) is 0 Å². The molecule has 0 aliphatic carbocycles. The zero-order valence-electron chi connectivity index (χ0n) is 9.37. The maximum atomic E-state index is 13.6. The Morgan fingerprint density at radius 3 is 2.65 bits per heavy atom. The van der Waals surface area contributed by atoms with Crippen LogP contribution in [0.5, 0.6) is 11.5 Å². The molecule has 0 spiro atoms. The van der Waals surface area contributed by atoms with Gasteiger partial charge in [-0.25, -0.2) is 4.79 Å². The fourth-order valence-corrected chi connectivity index (χ4v) is 1.21. The van der Waals surface area contributed by atoms with Crippen molar-refractivity contribution in [3.8, 4) is 11.5 Å². The van der Waals surface area contributed by atoms with Gasteiger partial charge in [0.25, 0.3) is 0 Å². The van der Waals surface area contributed by atoms with Gasteiger partial charge in [0.15, 0.2) is 11.5 Å². The Morgan fingerprint density at radius 1 is 1.47 bits per heavy atom. The van der Waals surface area contributed by atoms with Crippen LogP contribution < -0.4 is 4.74 Å². The number of hydrogen-bond acceptors (Lipinski definition) is 4. The summed E-state index contributed by atoms with van der Waals surface area (Å²) in [5.41, 5.74) is -0.592. The van der Waals surface area contributed by atoms with E-state index in [4.69, 9.17) is 0 Å². The maximum absolute atomic E-state index is 13.6. The Labute approximate surface area is 96.8 Å². The Balaban J connectivity index is 3.10. The lowest BCUT2D eigenvalue weighted by molar-refractivity contribution is -0.173. The molecule has 1 rings (SSSR count). The van der Waals surface area contributed by atoms with Crippen molar-refractivity contribution in [1.82, 2.24) is 0 Å². The molecule has 4 nitrogen and oxygen atoms in total. The van der Waals surface area contributed by atoms with Gasteiger partial charge in [0, 0.05) is 5.56 Å². The summed E-state index contributed by atoms with van der Waals surface area (Å²) in [5.74, 6) is -5.81. The molecule has 0 atom stereocenters. The van der Waals surface area contributed by atoms with E-state index in [1.54, 1.807) is 0 Å². The number of rotatable bonds is 4. The van der Waals surface area contributed by atoms with Crippen LogP contribution in [0.15, 0.2) is 18.2 Å². The number of methoxy groups -OCH3 is 1. The number of alkyl halides is 2. The van der Waals surface area contributed by atoms with Crippen LogP contribution >= 0.6 is 0 Å². The highest BCUT2D eigenvalue weighted by Gasteiger charge is 2.43. The van der Waals surface area contributed by atoms with Crippen LogP contribution in [-0.2, 0) is 15.5 Å². The quantitative estimate of drug-likeness (QED) is 0.826. The van der Waals surface area contributed by atoms with Crippen molar-refractivity contribution < 1.29 is 28.2 Å². The van der Waals surface area contributed by atoms with E-state index in [1.807, 2.05) is 0 Å². The van der Waals surface area contributed by atoms with Gasteiger partial charge in [0.1, 0.15) is 0 Å². The predicted octanol–water partition coefficient (Wildman–Crippen LogP) is 2.06. The van der Waals surface area contributed by atoms with Crippen LogP contribution in [0.1, 0.15) is 12.5 Å². The first-order valence-electron chi connectivity index (χ1n) is 4.86. The molecule has 0 aromatic heterocycles. The Morgan fingerprint density at radius 2 is 2.12 bits per heavy atom. The van der Waals surface area contributed by atoms with Crippen LogP contribution in [0.4, 0.5) is 8.78 Å². The third-order valence-corrected chi connectivity index (χ3v) is 2.07. The summed E-state index contributed by atoms with van der Waals surface area (Å²) in [5, 5.41) is 9.26. The number of carbonyl (C=O) groups excluding carboxylic acids is 1. The minimum absolute atomic E-state index is 0.133. The molecule has 0 aliphatic rings. The molecule has 6 heteroatoms. The summed E-state index contributed by atoms with van der Waals surface area (Å²) in [7, 11) is 1.22. The molecule has 0 saturated carbocycles. The average molecular weight is 246 g/mol. The summed E-state index contributed by atoms with van der Waals surface area (Å²) in [6.07, 6.45) is 0. The second-order valence-electron chi connectivity index (χ2n) is 3.18. The van der Waals surface area contributed by atoms with E-state index in [9.17, 15) is 18.7 Å². The van der Waals surface area contributed by atoms with Gasteiger partial charge in [-0.15, -0.1) is 0 Å². The van der Waals surface area contributed by atoms with Gasteiger partial charge in [-0.1, -0.05) is 0 Å². The maximum Gasteiger partial charge on any atom is 0.381 e. The molecule has 1 aromatic rings. The minimum atomic E-state index is -3.77. The normalized spacial score (nSPS) is 11.1. The van der Waals surface area contributed by atoms with Gasteiger partial charge in [-0.05, 0) is 25.1 Å². The largest absolute Gasteiger partial charge is 0.504 e. The van der Waals surface area contributed by atoms with Crippen LogP contribution in [0, 0.1) is 0 Å². The van der Waals surface area contributed by atoms with Crippen molar-refractivity contribution in [2.45, 2.75) is 12.8 Å². The van der Waals surface area contributed by atoms with Crippen LogP contribution in [-0.4, -0.2) is 24.8 Å². The summed E-state index contributed by atoms with van der Waals surface area (Å²) >= 11 is 0. The predicted molar refractivity (Wildman–Crippen MR) is 55.2 cm³/mol. The van der Waals surface area contributed by atoms with E-state index in [-0.39, 0.29) is 18.1 Å². The second kappa shape index (κ2) is 4.99. The number of carbonyl (C=O) groups is 1. The summed E-state index contributed by atoms with van der Waals surface area (Å²) in [4.78, 5) is 11.1. The highest BCUT2D eigenvalue weighted by molar-refractivity contribution is 5.79. The average Bonchev–Trinajstić information content (AvgIpc) is 2.29. The van der Waals surface area contributed by atoms with Crippen molar-refractivity contribution in [2.75, 3.05) is 13.7 Å². The number of phenolic OH excluding ortho intramolecular Hbond substituents is 1. The molecule has 0 unspecified atom stereocenters. The van der Waals surface area contributed by atoms with Gasteiger partial charge >= 0.3 is 11.9 Å². The monoisotopic (exact) mass is 246 g/mol. The van der Waals surface area contributed by atoms with Crippen molar-refractivity contribution in [1.29, 1.82) is 0 Å². The zero-order valence-corrected chi connectivity index (χ0v) is 9.37. The first-order valence-corrected chi connectivity index (χ1v) is 4.86. The van der Waals surface area contributed by atoms with E-state index < -0.39 is 17.5 Å². The van der Waals surface area contributed by atoms with E-state index in [1.165, 1.54) is 14.0 Å².